The molecule has 2 heterocycles. The predicted octanol–water partition coefficient (Wildman–Crippen LogP) is 8.20. The third kappa shape index (κ3) is 5.68. The van der Waals surface area contributed by atoms with Gasteiger partial charge in [0.05, 0.1) is 10.1 Å². The number of nitrogens with zero attached hydrogens (tertiary/aromatic N) is 2. The first-order chi connectivity index (χ1) is 20.5. The van der Waals surface area contributed by atoms with Crippen molar-refractivity contribution in [2.45, 2.75) is 62.1 Å². The van der Waals surface area contributed by atoms with Gasteiger partial charge in [-0.1, -0.05) is 131 Å². The van der Waals surface area contributed by atoms with E-state index in [2.05, 4.69) is 116 Å². The molecule has 4 aromatic rings. The van der Waals surface area contributed by atoms with E-state index in [4.69, 9.17) is 4.74 Å². The molecular weight excluding hydrogens is 569 g/mol. The molecule has 0 saturated carbocycles. The van der Waals surface area contributed by atoms with Crippen LogP contribution in [0.5, 0.6) is 0 Å². The Morgan fingerprint density at radius 1 is 0.837 bits per heavy atom. The zero-order valence-electron chi connectivity index (χ0n) is 25.7. The molecule has 5 rings (SSSR count). The van der Waals surface area contributed by atoms with Gasteiger partial charge in [-0.25, -0.2) is 0 Å². The molecule has 0 radical (unpaired) electrons. The van der Waals surface area contributed by atoms with E-state index in [1.165, 1.54) is 6.92 Å². The number of carbonyl (C=O) groups is 2. The van der Waals surface area contributed by atoms with Crippen molar-refractivity contribution in [1.82, 2.24) is 9.55 Å². The number of hydrogen-bond donors (Lipinski definition) is 0. The Balaban J connectivity index is 1.76. The van der Waals surface area contributed by atoms with Gasteiger partial charge < -0.3 is 9.30 Å². The van der Waals surface area contributed by atoms with Gasteiger partial charge in [0.2, 0.25) is 5.91 Å². The smallest absolute Gasteiger partial charge is 0.303 e. The minimum absolute atomic E-state index is 0.0299. The van der Waals surface area contributed by atoms with E-state index in [9.17, 15) is 9.59 Å². The fourth-order valence-corrected chi connectivity index (χ4v) is 10.8. The number of benzene rings is 3. The van der Waals surface area contributed by atoms with Gasteiger partial charge in [-0.2, -0.15) is 0 Å². The maximum Gasteiger partial charge on any atom is 0.303 e. The lowest BCUT2D eigenvalue weighted by molar-refractivity contribution is -0.163. The van der Waals surface area contributed by atoms with Crippen molar-refractivity contribution in [3.8, 4) is 0 Å². The van der Waals surface area contributed by atoms with Crippen LogP contribution in [0.3, 0.4) is 0 Å². The Morgan fingerprint density at radius 3 is 1.72 bits per heavy atom. The van der Waals surface area contributed by atoms with Gasteiger partial charge in [-0.15, -0.1) is 11.8 Å². The normalized spacial score (nSPS) is 18.1. The Hall–Kier alpha value is -3.68. The highest BCUT2D eigenvalue weighted by Gasteiger charge is 2.62. The van der Waals surface area contributed by atoms with Gasteiger partial charge in [-0.3, -0.25) is 14.6 Å². The molecule has 1 fully saturated rings. The topological polar surface area (TPSA) is 59.5 Å². The number of pyridine rings is 1. The van der Waals surface area contributed by atoms with E-state index >= 15 is 0 Å². The standard InChI is InChI=1S/C36H40N2O3SSi/c1-26(39)41-32(27-17-16-24-37-25-27)31-33(40)38(43(5,6)35(2,3)4)34(31)42-36(28-18-10-7-11-19-28,29-20-12-8-13-21-29)30-22-14-9-15-23-30/h7-25,31-32,34H,1-6H3. The summed E-state index contributed by atoms with van der Waals surface area (Å²) in [5, 5.41) is -0.370. The van der Waals surface area contributed by atoms with Crippen molar-refractivity contribution in [3.63, 3.8) is 0 Å². The lowest BCUT2D eigenvalue weighted by Gasteiger charge is -2.60. The zero-order chi connectivity index (χ0) is 30.8. The largest absolute Gasteiger partial charge is 0.457 e. The van der Waals surface area contributed by atoms with Crippen LogP contribution in [0, 0.1) is 5.92 Å². The summed E-state index contributed by atoms with van der Waals surface area (Å²) in [4.78, 5) is 31.3. The van der Waals surface area contributed by atoms with E-state index < -0.39 is 31.0 Å². The Kier molecular flexibility index (Phi) is 8.68. The summed E-state index contributed by atoms with van der Waals surface area (Å²) in [6, 6.07) is 35.3. The molecule has 1 aromatic heterocycles. The number of ether oxygens (including phenoxy) is 1. The van der Waals surface area contributed by atoms with Gasteiger partial charge in [0.25, 0.3) is 0 Å². The molecule has 0 bridgehead atoms. The second-order valence-corrected chi connectivity index (χ2v) is 19.1. The highest BCUT2D eigenvalue weighted by atomic mass is 32.2. The SMILES string of the molecule is CC(=O)OC(c1cccnc1)C1C(=O)N([Si](C)(C)C(C)(C)C)C1SC(c1ccccc1)(c1ccccc1)c1ccccc1. The van der Waals surface area contributed by atoms with Crippen LogP contribution in [0.25, 0.3) is 0 Å². The summed E-state index contributed by atoms with van der Waals surface area (Å²) in [7, 11) is -2.37. The Bertz CT molecular complexity index is 1450. The number of carbonyl (C=O) groups excluding carboxylic acids is 2. The molecular formula is C36H40N2O3SSi. The van der Waals surface area contributed by atoms with Crippen LogP contribution >= 0.6 is 11.8 Å². The van der Waals surface area contributed by atoms with Crippen LogP contribution in [0.2, 0.25) is 18.1 Å². The molecule has 43 heavy (non-hydrogen) atoms. The summed E-state index contributed by atoms with van der Waals surface area (Å²) in [5.74, 6) is -0.971. The Morgan fingerprint density at radius 2 is 1.33 bits per heavy atom. The number of esters is 1. The third-order valence-electron chi connectivity index (χ3n) is 8.99. The maximum absolute atomic E-state index is 14.5. The first-order valence-electron chi connectivity index (χ1n) is 14.7. The summed E-state index contributed by atoms with van der Waals surface area (Å²) >= 11 is 1.78. The third-order valence-corrected chi connectivity index (χ3v) is 16.4. The second-order valence-electron chi connectivity index (χ2n) is 12.6. The maximum atomic E-state index is 14.5. The van der Waals surface area contributed by atoms with E-state index in [1.54, 1.807) is 24.2 Å². The fraction of sp³-hybridized carbons (Fsp3) is 0.306. The molecule has 3 atom stereocenters. The van der Waals surface area contributed by atoms with Crippen LogP contribution in [-0.4, -0.2) is 35.0 Å². The second kappa shape index (κ2) is 12.1. The summed E-state index contributed by atoms with van der Waals surface area (Å²) in [6.07, 6.45) is 2.64. The molecule has 0 spiro atoms. The van der Waals surface area contributed by atoms with Crippen LogP contribution in [0.15, 0.2) is 116 Å². The van der Waals surface area contributed by atoms with Gasteiger partial charge in [-0.05, 0) is 27.8 Å². The number of hydrogen-bond acceptors (Lipinski definition) is 5. The van der Waals surface area contributed by atoms with E-state index in [0.717, 1.165) is 22.3 Å². The predicted molar refractivity (Wildman–Crippen MR) is 177 cm³/mol. The van der Waals surface area contributed by atoms with Crippen molar-refractivity contribution in [3.05, 3.63) is 138 Å². The van der Waals surface area contributed by atoms with Crippen molar-refractivity contribution in [2.24, 2.45) is 5.92 Å². The summed E-state index contributed by atoms with van der Waals surface area (Å²) in [6.45, 7) is 12.6. The number of β-lactam (4-membered cyclic amide) rings is 1. The number of rotatable bonds is 9. The number of aromatic nitrogens is 1. The molecule has 1 saturated heterocycles. The molecule has 5 nitrogen and oxygen atoms in total. The van der Waals surface area contributed by atoms with Crippen molar-refractivity contribution < 1.29 is 14.3 Å². The molecule has 222 valence electrons. The first-order valence-corrected chi connectivity index (χ1v) is 18.6. The summed E-state index contributed by atoms with van der Waals surface area (Å²) < 4.78 is 7.51. The van der Waals surface area contributed by atoms with Crippen LogP contribution in [-0.2, 0) is 19.1 Å². The van der Waals surface area contributed by atoms with E-state index in [1.807, 2.05) is 30.3 Å². The van der Waals surface area contributed by atoms with E-state index in [-0.39, 0.29) is 16.3 Å². The molecule has 7 heteroatoms. The molecule has 1 aliphatic rings. The number of thioether (sulfide) groups is 1. The average molecular weight is 609 g/mol. The minimum atomic E-state index is -2.37. The zero-order valence-corrected chi connectivity index (χ0v) is 27.5. The van der Waals surface area contributed by atoms with Crippen LogP contribution < -0.4 is 0 Å². The highest BCUT2D eigenvalue weighted by molar-refractivity contribution is 8.01. The summed E-state index contributed by atoms with van der Waals surface area (Å²) in [5.41, 5.74) is 4.09. The lowest BCUT2D eigenvalue weighted by Crippen LogP contribution is -2.73. The van der Waals surface area contributed by atoms with Gasteiger partial charge in [0, 0.05) is 24.9 Å². The van der Waals surface area contributed by atoms with Crippen molar-refractivity contribution >= 4 is 31.9 Å². The highest BCUT2D eigenvalue weighted by Crippen LogP contribution is 2.59. The van der Waals surface area contributed by atoms with Gasteiger partial charge >= 0.3 is 5.97 Å². The molecule has 3 aromatic carbocycles. The average Bonchev–Trinajstić information content (AvgIpc) is 3.00. The van der Waals surface area contributed by atoms with Crippen LogP contribution in [0.1, 0.15) is 56.1 Å². The minimum Gasteiger partial charge on any atom is -0.457 e. The first kappa shape index (κ1) is 30.8. The monoisotopic (exact) mass is 608 g/mol. The fourth-order valence-electron chi connectivity index (χ4n) is 5.82. The number of amides is 1. The van der Waals surface area contributed by atoms with Crippen molar-refractivity contribution in [2.75, 3.05) is 0 Å². The van der Waals surface area contributed by atoms with E-state index in [0.29, 0.717) is 0 Å². The molecule has 3 unspecified atom stereocenters. The van der Waals surface area contributed by atoms with Crippen LogP contribution in [0.4, 0.5) is 0 Å². The molecule has 0 N–H and O–H groups in total. The molecule has 1 aliphatic heterocycles. The molecule has 0 aliphatic carbocycles. The van der Waals surface area contributed by atoms with Gasteiger partial charge in [0.15, 0.2) is 8.24 Å². The lowest BCUT2D eigenvalue weighted by atomic mass is 9.84. The van der Waals surface area contributed by atoms with Gasteiger partial charge in [0.1, 0.15) is 12.0 Å². The van der Waals surface area contributed by atoms with Crippen molar-refractivity contribution in [1.29, 1.82) is 0 Å². The Labute approximate surface area is 260 Å². The quantitative estimate of drug-likeness (QED) is 0.0830. The molecule has 1 amide bonds.